The lowest BCUT2D eigenvalue weighted by Crippen LogP contribution is -2.76. The van der Waals surface area contributed by atoms with Gasteiger partial charge >= 0.3 is 17.9 Å². The van der Waals surface area contributed by atoms with Crippen LogP contribution in [0.4, 0.5) is 0 Å². The van der Waals surface area contributed by atoms with Crippen molar-refractivity contribution in [1.82, 2.24) is 0 Å². The van der Waals surface area contributed by atoms with E-state index in [0.29, 0.717) is 24.2 Å². The van der Waals surface area contributed by atoms with Crippen LogP contribution in [0.3, 0.4) is 0 Å². The molecule has 3 fully saturated rings. The van der Waals surface area contributed by atoms with Crippen LogP contribution in [0.25, 0.3) is 0 Å². The number of rotatable bonds is 3. The topological polar surface area (TPSA) is 125 Å². The third-order valence-corrected chi connectivity index (χ3v) is 9.55. The van der Waals surface area contributed by atoms with Crippen molar-refractivity contribution >= 4 is 17.9 Å². The smallest absolute Gasteiger partial charge is 0.303 e. The van der Waals surface area contributed by atoms with Gasteiger partial charge in [-0.05, 0) is 38.2 Å². The number of ether oxygens (including phenoxy) is 4. The molecule has 35 heavy (non-hydrogen) atoms. The first kappa shape index (κ1) is 24.3. The monoisotopic (exact) mass is 490 g/mol. The Bertz CT molecular complexity index is 1090. The Kier molecular flexibility index (Phi) is 5.08. The maximum absolute atomic E-state index is 12.4. The molecule has 1 N–H and O–H groups in total. The van der Waals surface area contributed by atoms with E-state index in [1.54, 1.807) is 13.0 Å². The molecule has 0 radical (unpaired) electrons. The van der Waals surface area contributed by atoms with Crippen molar-refractivity contribution in [3.05, 3.63) is 23.7 Å². The summed E-state index contributed by atoms with van der Waals surface area (Å²) in [6.07, 6.45) is -0.101. The lowest BCUT2D eigenvalue weighted by atomic mass is 9.42. The highest BCUT2D eigenvalue weighted by Crippen LogP contribution is 2.77. The number of carbonyl (C=O) groups is 3. The molecule has 192 valence electrons. The van der Waals surface area contributed by atoms with Gasteiger partial charge in [0.1, 0.15) is 29.2 Å². The van der Waals surface area contributed by atoms with Crippen molar-refractivity contribution in [1.29, 1.82) is 0 Å². The van der Waals surface area contributed by atoms with Gasteiger partial charge in [-0.25, -0.2) is 0 Å². The summed E-state index contributed by atoms with van der Waals surface area (Å²) >= 11 is 0. The minimum atomic E-state index is -1.48. The summed E-state index contributed by atoms with van der Waals surface area (Å²) in [6.45, 7) is 11.6. The van der Waals surface area contributed by atoms with Gasteiger partial charge in [-0.3, -0.25) is 14.4 Å². The van der Waals surface area contributed by atoms with E-state index in [0.717, 1.165) is 0 Å². The first-order valence-corrected chi connectivity index (χ1v) is 12.2. The van der Waals surface area contributed by atoms with Crippen molar-refractivity contribution in [2.75, 3.05) is 0 Å². The van der Waals surface area contributed by atoms with Crippen LogP contribution >= 0.6 is 0 Å². The lowest BCUT2D eigenvalue weighted by Gasteiger charge is -2.63. The highest BCUT2D eigenvalue weighted by atomic mass is 16.7. The van der Waals surface area contributed by atoms with Gasteiger partial charge in [0.15, 0.2) is 6.10 Å². The third-order valence-electron chi connectivity index (χ3n) is 9.55. The Hall–Kier alpha value is -2.39. The fourth-order valence-electron chi connectivity index (χ4n) is 8.04. The largest absolute Gasteiger partial charge is 0.469 e. The minimum Gasteiger partial charge on any atom is -0.469 e. The van der Waals surface area contributed by atoms with E-state index in [1.807, 2.05) is 20.8 Å². The van der Waals surface area contributed by atoms with Gasteiger partial charge in [0.05, 0.1) is 11.9 Å². The highest BCUT2D eigenvalue weighted by Gasteiger charge is 2.90. The molecule has 2 heterocycles. The van der Waals surface area contributed by atoms with Gasteiger partial charge < -0.3 is 28.5 Å². The molecule has 1 aliphatic heterocycles. The summed E-state index contributed by atoms with van der Waals surface area (Å²) in [5.74, 6) is -2.02. The molecule has 1 spiro atoms. The molecule has 10 atom stereocenters. The standard InChI is InChI=1S/C26H34O9/c1-12-10-19(32-13(2)27)23(5)17-11-18-16(8-9-31-18)24(6,30)20(17)21(33-14(3)28)22(34-15(4)29)26(23)25(12,7)35-26/h8-9,12,17,19-22,30H,10-11H2,1-7H3. The molecule has 3 aliphatic carbocycles. The van der Waals surface area contributed by atoms with Crippen LogP contribution in [0.5, 0.6) is 0 Å². The highest BCUT2D eigenvalue weighted by molar-refractivity contribution is 5.68. The Morgan fingerprint density at radius 3 is 2.26 bits per heavy atom. The van der Waals surface area contributed by atoms with E-state index in [-0.39, 0.29) is 11.8 Å². The van der Waals surface area contributed by atoms with Crippen molar-refractivity contribution in [3.63, 3.8) is 0 Å². The second kappa shape index (κ2) is 7.32. The average molecular weight is 491 g/mol. The maximum atomic E-state index is 12.4. The second-order valence-corrected chi connectivity index (χ2v) is 11.3. The molecule has 9 nitrogen and oxygen atoms in total. The van der Waals surface area contributed by atoms with Crippen LogP contribution in [0.1, 0.15) is 66.2 Å². The van der Waals surface area contributed by atoms with Crippen molar-refractivity contribution in [2.24, 2.45) is 23.2 Å². The second-order valence-electron chi connectivity index (χ2n) is 11.3. The molecule has 9 heteroatoms. The summed E-state index contributed by atoms with van der Waals surface area (Å²) < 4.78 is 30.2. The molecule has 1 aromatic rings. The normalized spacial score (nSPS) is 47.3. The zero-order chi connectivity index (χ0) is 25.7. The Balaban J connectivity index is 1.79. The van der Waals surface area contributed by atoms with E-state index in [9.17, 15) is 19.5 Å². The summed E-state index contributed by atoms with van der Waals surface area (Å²) in [5.41, 5.74) is -3.61. The molecule has 0 bridgehead atoms. The van der Waals surface area contributed by atoms with Gasteiger partial charge in [0.2, 0.25) is 0 Å². The molecule has 5 rings (SSSR count). The molecular formula is C26H34O9. The quantitative estimate of drug-likeness (QED) is 0.387. The fraction of sp³-hybridized carbons (Fsp3) is 0.731. The number of epoxide rings is 1. The molecule has 10 unspecified atom stereocenters. The number of furan rings is 1. The fourth-order valence-corrected chi connectivity index (χ4v) is 8.04. The lowest BCUT2D eigenvalue weighted by molar-refractivity contribution is -0.266. The molecule has 0 aromatic carbocycles. The van der Waals surface area contributed by atoms with E-state index in [4.69, 9.17) is 23.4 Å². The number of hydrogen-bond donors (Lipinski definition) is 1. The van der Waals surface area contributed by atoms with Gasteiger partial charge in [0.25, 0.3) is 0 Å². The van der Waals surface area contributed by atoms with Crippen LogP contribution in [0.15, 0.2) is 16.7 Å². The maximum Gasteiger partial charge on any atom is 0.303 e. The predicted molar refractivity (Wildman–Crippen MR) is 120 cm³/mol. The summed E-state index contributed by atoms with van der Waals surface area (Å²) in [4.78, 5) is 37.0. The van der Waals surface area contributed by atoms with E-state index >= 15 is 0 Å². The molecular weight excluding hydrogens is 456 g/mol. The average Bonchev–Trinajstić information content (AvgIpc) is 3.11. The zero-order valence-electron chi connectivity index (χ0n) is 21.2. The number of fused-ring (bicyclic) bond motifs is 3. The third kappa shape index (κ3) is 2.91. The minimum absolute atomic E-state index is 0.0456. The number of hydrogen-bond acceptors (Lipinski definition) is 9. The Morgan fingerprint density at radius 1 is 1.03 bits per heavy atom. The van der Waals surface area contributed by atoms with Gasteiger partial charge in [-0.1, -0.05) is 13.8 Å². The van der Waals surface area contributed by atoms with Crippen LogP contribution in [0, 0.1) is 23.2 Å². The predicted octanol–water partition coefficient (Wildman–Crippen LogP) is 2.66. The van der Waals surface area contributed by atoms with E-state index in [2.05, 4.69) is 0 Å². The Labute approximate surface area is 204 Å². The molecule has 1 aromatic heterocycles. The summed E-state index contributed by atoms with van der Waals surface area (Å²) in [6, 6.07) is 1.72. The zero-order valence-corrected chi connectivity index (χ0v) is 21.2. The van der Waals surface area contributed by atoms with E-state index in [1.165, 1.54) is 27.0 Å². The summed E-state index contributed by atoms with van der Waals surface area (Å²) in [7, 11) is 0. The Morgan fingerprint density at radius 2 is 1.66 bits per heavy atom. The SMILES string of the molecule is CC(=O)OC1C2C(Cc3occc3C2(C)O)C2(C)C(OC(C)=O)CC(C)C3(C)OC32C1OC(C)=O. The van der Waals surface area contributed by atoms with Gasteiger partial charge in [-0.2, -0.15) is 0 Å². The molecule has 4 aliphatic rings. The summed E-state index contributed by atoms with van der Waals surface area (Å²) in [5, 5.41) is 12.0. The van der Waals surface area contributed by atoms with E-state index < -0.39 is 64.4 Å². The first-order valence-electron chi connectivity index (χ1n) is 12.2. The van der Waals surface area contributed by atoms with Crippen molar-refractivity contribution in [3.8, 4) is 0 Å². The van der Waals surface area contributed by atoms with Crippen LogP contribution in [0.2, 0.25) is 0 Å². The number of aliphatic hydroxyl groups is 1. The van der Waals surface area contributed by atoms with Gasteiger partial charge in [-0.15, -0.1) is 0 Å². The molecule has 0 amide bonds. The first-order chi connectivity index (χ1) is 16.2. The molecule has 2 saturated carbocycles. The van der Waals surface area contributed by atoms with Crippen molar-refractivity contribution < 1.29 is 42.9 Å². The van der Waals surface area contributed by atoms with Crippen molar-refractivity contribution in [2.45, 2.75) is 96.4 Å². The van der Waals surface area contributed by atoms with Gasteiger partial charge in [0, 0.05) is 44.1 Å². The van der Waals surface area contributed by atoms with Crippen LogP contribution in [-0.4, -0.2) is 52.5 Å². The number of carbonyl (C=O) groups excluding carboxylic acids is 3. The molecule has 1 saturated heterocycles. The van der Waals surface area contributed by atoms with Crippen LogP contribution < -0.4 is 0 Å². The van der Waals surface area contributed by atoms with Crippen LogP contribution in [-0.2, 0) is 45.4 Å². The number of esters is 3.